The Balaban J connectivity index is 2.30. The van der Waals surface area contributed by atoms with Gasteiger partial charge in [-0.2, -0.15) is 0 Å². The molecule has 0 aromatic heterocycles. The number of hydrogen-bond donors (Lipinski definition) is 1. The molecule has 0 radical (unpaired) electrons. The average Bonchev–Trinajstić information content (AvgIpc) is 2.29. The highest BCUT2D eigenvalue weighted by Gasteiger charge is 2.21. The SMILES string of the molecule is CC(NC/C=C/Cl)C(=O)N1CCOCC1. The van der Waals surface area contributed by atoms with E-state index in [1.54, 1.807) is 6.08 Å². The van der Waals surface area contributed by atoms with Crippen molar-refractivity contribution >= 4 is 17.5 Å². The minimum absolute atomic E-state index is 0.126. The molecule has 5 heteroatoms. The zero-order valence-corrected chi connectivity index (χ0v) is 9.67. The van der Waals surface area contributed by atoms with Crippen molar-refractivity contribution in [3.8, 4) is 0 Å². The molecule has 1 rings (SSSR count). The van der Waals surface area contributed by atoms with Crippen molar-refractivity contribution in [2.45, 2.75) is 13.0 Å². The van der Waals surface area contributed by atoms with E-state index in [4.69, 9.17) is 16.3 Å². The Kier molecular flexibility index (Phi) is 5.68. The number of morpholine rings is 1. The minimum Gasteiger partial charge on any atom is -0.378 e. The van der Waals surface area contributed by atoms with Gasteiger partial charge in [0.2, 0.25) is 5.91 Å². The summed E-state index contributed by atoms with van der Waals surface area (Å²) in [5.74, 6) is 0.126. The second kappa shape index (κ2) is 6.82. The second-order valence-electron chi connectivity index (χ2n) is 3.43. The molecule has 0 aromatic rings. The van der Waals surface area contributed by atoms with Crippen LogP contribution in [0.15, 0.2) is 11.6 Å². The summed E-state index contributed by atoms with van der Waals surface area (Å²) in [6.07, 6.45) is 1.77. The molecule has 0 spiro atoms. The fourth-order valence-corrected chi connectivity index (χ4v) is 1.52. The van der Waals surface area contributed by atoms with Crippen molar-refractivity contribution in [1.29, 1.82) is 0 Å². The third-order valence-corrected chi connectivity index (χ3v) is 2.50. The van der Waals surface area contributed by atoms with Crippen LogP contribution in [0.4, 0.5) is 0 Å². The third kappa shape index (κ3) is 4.20. The standard InChI is InChI=1S/C10H17ClN2O2/c1-9(12-4-2-3-11)10(14)13-5-7-15-8-6-13/h2-3,9,12H,4-8H2,1H3/b3-2+. The van der Waals surface area contributed by atoms with Gasteiger partial charge in [0.15, 0.2) is 0 Å². The van der Waals surface area contributed by atoms with E-state index in [-0.39, 0.29) is 11.9 Å². The van der Waals surface area contributed by atoms with Gasteiger partial charge in [0, 0.05) is 25.2 Å². The first-order valence-electron chi connectivity index (χ1n) is 5.11. The molecule has 1 aliphatic rings. The molecule has 1 N–H and O–H groups in total. The number of amides is 1. The molecule has 15 heavy (non-hydrogen) atoms. The lowest BCUT2D eigenvalue weighted by atomic mass is 10.2. The number of carbonyl (C=O) groups excluding carboxylic acids is 1. The summed E-state index contributed by atoms with van der Waals surface area (Å²) in [4.78, 5) is 13.7. The smallest absolute Gasteiger partial charge is 0.239 e. The van der Waals surface area contributed by atoms with Gasteiger partial charge in [-0.05, 0) is 6.92 Å². The fourth-order valence-electron chi connectivity index (χ4n) is 1.43. The molecule has 1 heterocycles. The summed E-state index contributed by atoms with van der Waals surface area (Å²) < 4.78 is 5.19. The fraction of sp³-hybridized carbons (Fsp3) is 0.700. The largest absolute Gasteiger partial charge is 0.378 e. The quantitative estimate of drug-likeness (QED) is 0.771. The average molecular weight is 233 g/mol. The van der Waals surface area contributed by atoms with Crippen LogP contribution in [-0.2, 0) is 9.53 Å². The second-order valence-corrected chi connectivity index (χ2v) is 3.68. The topological polar surface area (TPSA) is 41.6 Å². The normalized spacial score (nSPS) is 19.5. The first kappa shape index (κ1) is 12.5. The zero-order valence-electron chi connectivity index (χ0n) is 8.91. The molecule has 0 bridgehead atoms. The zero-order chi connectivity index (χ0) is 11.1. The lowest BCUT2D eigenvalue weighted by Gasteiger charge is -2.29. The van der Waals surface area contributed by atoms with Crippen molar-refractivity contribution < 1.29 is 9.53 Å². The van der Waals surface area contributed by atoms with Gasteiger partial charge in [-0.3, -0.25) is 4.79 Å². The molecule has 0 saturated carbocycles. The molecule has 1 fully saturated rings. The number of nitrogens with zero attached hydrogens (tertiary/aromatic N) is 1. The van der Waals surface area contributed by atoms with Crippen LogP contribution in [-0.4, -0.2) is 49.7 Å². The number of hydrogen-bond acceptors (Lipinski definition) is 3. The number of rotatable bonds is 4. The van der Waals surface area contributed by atoms with Gasteiger partial charge in [0.1, 0.15) is 0 Å². The van der Waals surface area contributed by atoms with Gasteiger partial charge in [0.05, 0.1) is 19.3 Å². The van der Waals surface area contributed by atoms with Crippen molar-refractivity contribution in [2.24, 2.45) is 0 Å². The van der Waals surface area contributed by atoms with Gasteiger partial charge in [0.25, 0.3) is 0 Å². The number of ether oxygens (including phenoxy) is 1. The first-order chi connectivity index (χ1) is 7.25. The van der Waals surface area contributed by atoms with E-state index in [1.165, 1.54) is 5.54 Å². The van der Waals surface area contributed by atoms with Gasteiger partial charge in [-0.1, -0.05) is 17.7 Å². The van der Waals surface area contributed by atoms with Crippen LogP contribution in [0.3, 0.4) is 0 Å². The first-order valence-corrected chi connectivity index (χ1v) is 5.54. The van der Waals surface area contributed by atoms with E-state index in [9.17, 15) is 4.79 Å². The van der Waals surface area contributed by atoms with E-state index in [0.29, 0.717) is 32.8 Å². The number of nitrogens with one attached hydrogen (secondary N) is 1. The highest BCUT2D eigenvalue weighted by molar-refractivity contribution is 6.25. The van der Waals surface area contributed by atoms with Crippen LogP contribution >= 0.6 is 11.6 Å². The summed E-state index contributed by atoms with van der Waals surface area (Å²) in [5.41, 5.74) is 1.44. The molecular weight excluding hydrogens is 216 g/mol. The molecule has 0 aliphatic carbocycles. The van der Waals surface area contributed by atoms with Crippen molar-refractivity contribution in [3.63, 3.8) is 0 Å². The molecule has 1 saturated heterocycles. The maximum atomic E-state index is 11.8. The van der Waals surface area contributed by atoms with Crippen LogP contribution in [0.25, 0.3) is 0 Å². The Morgan fingerprint density at radius 1 is 1.60 bits per heavy atom. The van der Waals surface area contributed by atoms with Crippen LogP contribution in [0.2, 0.25) is 0 Å². The van der Waals surface area contributed by atoms with E-state index >= 15 is 0 Å². The van der Waals surface area contributed by atoms with Crippen LogP contribution in [0.5, 0.6) is 0 Å². The van der Waals surface area contributed by atoms with Crippen molar-refractivity contribution in [1.82, 2.24) is 10.2 Å². The highest BCUT2D eigenvalue weighted by atomic mass is 35.5. The Morgan fingerprint density at radius 3 is 2.87 bits per heavy atom. The maximum Gasteiger partial charge on any atom is 0.239 e. The van der Waals surface area contributed by atoms with Gasteiger partial charge in [-0.15, -0.1) is 0 Å². The Hall–Kier alpha value is -0.580. The minimum atomic E-state index is -0.170. The highest BCUT2D eigenvalue weighted by Crippen LogP contribution is 2.00. The molecule has 86 valence electrons. The molecular formula is C10H17ClN2O2. The lowest BCUT2D eigenvalue weighted by Crippen LogP contribution is -2.49. The molecule has 4 nitrogen and oxygen atoms in total. The Labute approximate surface area is 95.2 Å². The van der Waals surface area contributed by atoms with Gasteiger partial charge in [-0.25, -0.2) is 0 Å². The van der Waals surface area contributed by atoms with Crippen LogP contribution in [0.1, 0.15) is 6.92 Å². The van der Waals surface area contributed by atoms with Gasteiger partial charge < -0.3 is 15.0 Å². The maximum absolute atomic E-state index is 11.8. The van der Waals surface area contributed by atoms with E-state index < -0.39 is 0 Å². The number of carbonyl (C=O) groups is 1. The van der Waals surface area contributed by atoms with E-state index in [0.717, 1.165) is 0 Å². The van der Waals surface area contributed by atoms with E-state index in [2.05, 4.69) is 5.32 Å². The van der Waals surface area contributed by atoms with Crippen LogP contribution in [0, 0.1) is 0 Å². The Bertz CT molecular complexity index is 227. The monoisotopic (exact) mass is 232 g/mol. The summed E-state index contributed by atoms with van der Waals surface area (Å²) in [5, 5.41) is 3.08. The summed E-state index contributed by atoms with van der Waals surface area (Å²) >= 11 is 5.38. The Morgan fingerprint density at radius 2 is 2.27 bits per heavy atom. The summed E-state index contributed by atoms with van der Waals surface area (Å²) in [6, 6.07) is -0.170. The summed E-state index contributed by atoms with van der Waals surface area (Å²) in [6.45, 7) is 5.13. The molecule has 1 aliphatic heterocycles. The third-order valence-electron chi connectivity index (χ3n) is 2.32. The predicted octanol–water partition coefficient (Wildman–Crippen LogP) is 0.576. The molecule has 1 unspecified atom stereocenters. The number of halogens is 1. The van der Waals surface area contributed by atoms with E-state index in [1.807, 2.05) is 11.8 Å². The van der Waals surface area contributed by atoms with Crippen molar-refractivity contribution in [2.75, 3.05) is 32.8 Å². The lowest BCUT2D eigenvalue weighted by molar-refractivity contribution is -0.137. The van der Waals surface area contributed by atoms with Crippen molar-refractivity contribution in [3.05, 3.63) is 11.6 Å². The predicted molar refractivity (Wildman–Crippen MR) is 59.9 cm³/mol. The summed E-state index contributed by atoms with van der Waals surface area (Å²) in [7, 11) is 0. The van der Waals surface area contributed by atoms with Crippen LogP contribution < -0.4 is 5.32 Å². The molecule has 1 atom stereocenters. The van der Waals surface area contributed by atoms with Gasteiger partial charge >= 0.3 is 0 Å². The molecule has 0 aromatic carbocycles. The molecule has 1 amide bonds.